The number of nitrogens with one attached hydrogen (secondary N) is 2. The maximum Gasteiger partial charge on any atom is 0.491 e. The van der Waals surface area contributed by atoms with Gasteiger partial charge >= 0.3 is 18.1 Å². The molecular weight excluding hydrogens is 663 g/mol. The van der Waals surface area contributed by atoms with E-state index in [0.717, 1.165) is 29.7 Å². The fourth-order valence-corrected chi connectivity index (χ4v) is 7.52. The second-order valence-electron chi connectivity index (χ2n) is 11.7. The lowest BCUT2D eigenvalue weighted by Crippen LogP contribution is -2.51. The van der Waals surface area contributed by atoms with Crippen LogP contribution >= 0.6 is 0 Å². The van der Waals surface area contributed by atoms with E-state index in [0.29, 0.717) is 25.5 Å². The molecule has 2 rings (SSSR count). The number of aryl methyl sites for hydroxylation is 1. The summed E-state index contributed by atoms with van der Waals surface area (Å²) in [6.45, 7) is 5.63. The van der Waals surface area contributed by atoms with Gasteiger partial charge in [-0.1, -0.05) is 57.9 Å². The summed E-state index contributed by atoms with van der Waals surface area (Å²) >= 11 is 0. The van der Waals surface area contributed by atoms with Gasteiger partial charge in [0.05, 0.1) is 35.5 Å². The molecule has 0 radical (unpaired) electrons. The lowest BCUT2D eigenvalue weighted by atomic mass is 9.98. The van der Waals surface area contributed by atoms with Crippen molar-refractivity contribution >= 4 is 27.7 Å². The molecule has 0 aliphatic rings. The highest BCUT2D eigenvalue weighted by atomic mass is 32.2. The number of amides is 1. The summed E-state index contributed by atoms with van der Waals surface area (Å²) in [6, 6.07) is 8.87. The Hall–Kier alpha value is -3.43. The minimum absolute atomic E-state index is 0.0257. The molecule has 0 aliphatic carbocycles. The van der Waals surface area contributed by atoms with E-state index in [9.17, 15) is 49.9 Å². The molecule has 9 nitrogen and oxygen atoms in total. The van der Waals surface area contributed by atoms with Gasteiger partial charge in [-0.25, -0.2) is 22.0 Å². The number of hydrogen-bond donors (Lipinski definition) is 3. The predicted molar refractivity (Wildman–Crippen MR) is 168 cm³/mol. The van der Waals surface area contributed by atoms with E-state index >= 15 is 0 Å². The molecule has 2 aromatic carbocycles. The zero-order valence-corrected chi connectivity index (χ0v) is 27.9. The number of carbonyl (C=O) groups is 3. The normalized spacial score (nSPS) is 14.0. The molecule has 0 saturated carbocycles. The average Bonchev–Trinajstić information content (AvgIpc) is 2.99. The number of aliphatic hydroxyl groups is 1. The van der Waals surface area contributed by atoms with Crippen molar-refractivity contribution in [3.05, 3.63) is 70.8 Å². The first-order valence-electron chi connectivity index (χ1n) is 15.7. The van der Waals surface area contributed by atoms with E-state index in [1.807, 2.05) is 31.2 Å². The lowest BCUT2D eigenvalue weighted by molar-refractivity contribution is -0.202. The Bertz CT molecular complexity index is 1460. The summed E-state index contributed by atoms with van der Waals surface area (Å²) in [6.07, 6.45) is -6.33. The molecule has 0 bridgehead atoms. The highest BCUT2D eigenvalue weighted by molar-refractivity contribution is 7.92. The third-order valence-corrected chi connectivity index (χ3v) is 9.99. The summed E-state index contributed by atoms with van der Waals surface area (Å²) in [5.74, 6) is -10.4. The van der Waals surface area contributed by atoms with Crippen LogP contribution in [0.3, 0.4) is 0 Å². The monoisotopic (exact) mass is 706 g/mol. The number of rotatable bonds is 19. The van der Waals surface area contributed by atoms with Gasteiger partial charge < -0.3 is 20.5 Å². The Kier molecular flexibility index (Phi) is 16.1. The minimum Gasteiger partial charge on any atom is -0.390 e. The largest absolute Gasteiger partial charge is 0.491 e. The Morgan fingerprint density at radius 1 is 0.917 bits per heavy atom. The molecule has 2 aromatic rings. The average molecular weight is 707 g/mol. The van der Waals surface area contributed by atoms with Crippen molar-refractivity contribution in [1.29, 1.82) is 0 Å². The molecule has 1 unspecified atom stereocenters. The number of sulfone groups is 1. The molecule has 1 amide bonds. The van der Waals surface area contributed by atoms with Crippen molar-refractivity contribution in [2.45, 2.75) is 95.8 Å². The van der Waals surface area contributed by atoms with Gasteiger partial charge in [-0.15, -0.1) is 0 Å². The highest BCUT2D eigenvalue weighted by Gasteiger charge is 2.43. The zero-order valence-electron chi connectivity index (χ0n) is 27.1. The molecular formula is C33H43F5N2O7S. The standard InChI is InChI=1S/C33H43F5N2O7S/c1-4-8-27(9-5-2)48(45,46)20-24(16-30(42)47-32(44)33(36,37)38)31(43)40-28(15-23-13-25(34)17-26(35)14-23)29(41)19-39-18-22-11-7-10-21(6-3)12-22/h7,10-14,17,24,27-29,39,41H,4-6,8-9,15-16,18-20H2,1-3H3,(H,40,43)/t24?,28-,29-/m0/s1. The first kappa shape index (κ1) is 40.7. The van der Waals surface area contributed by atoms with Gasteiger partial charge in [0.2, 0.25) is 5.91 Å². The van der Waals surface area contributed by atoms with Gasteiger partial charge in [-0.05, 0) is 54.5 Å². The van der Waals surface area contributed by atoms with Crippen LogP contribution < -0.4 is 10.6 Å². The van der Waals surface area contributed by atoms with Crippen LogP contribution in [0, 0.1) is 17.6 Å². The molecule has 3 atom stereocenters. The minimum atomic E-state index is -5.52. The van der Waals surface area contributed by atoms with Gasteiger partial charge in [0, 0.05) is 19.2 Å². The Balaban J connectivity index is 2.38. The van der Waals surface area contributed by atoms with Crippen molar-refractivity contribution in [3.63, 3.8) is 0 Å². The van der Waals surface area contributed by atoms with Crippen LogP contribution in [-0.2, 0) is 48.3 Å². The molecule has 48 heavy (non-hydrogen) atoms. The molecule has 0 heterocycles. The number of halogens is 5. The van der Waals surface area contributed by atoms with Gasteiger partial charge in [0.1, 0.15) is 11.6 Å². The molecule has 0 saturated heterocycles. The molecule has 0 spiro atoms. The smallest absolute Gasteiger partial charge is 0.390 e. The number of benzene rings is 2. The van der Waals surface area contributed by atoms with Crippen LogP contribution in [0.15, 0.2) is 42.5 Å². The van der Waals surface area contributed by atoms with Crippen LogP contribution in [0.5, 0.6) is 0 Å². The van der Waals surface area contributed by atoms with Crippen LogP contribution in [0.1, 0.15) is 69.6 Å². The van der Waals surface area contributed by atoms with E-state index in [2.05, 4.69) is 15.4 Å². The van der Waals surface area contributed by atoms with Crippen molar-refractivity contribution in [1.82, 2.24) is 10.6 Å². The van der Waals surface area contributed by atoms with Crippen LogP contribution in [0.2, 0.25) is 0 Å². The predicted octanol–water partition coefficient (Wildman–Crippen LogP) is 4.73. The van der Waals surface area contributed by atoms with E-state index in [1.54, 1.807) is 13.8 Å². The van der Waals surface area contributed by atoms with Crippen molar-refractivity contribution < 1.29 is 54.6 Å². The first-order valence-corrected chi connectivity index (χ1v) is 17.5. The maximum absolute atomic E-state index is 14.0. The Morgan fingerprint density at radius 2 is 1.52 bits per heavy atom. The molecule has 0 aromatic heterocycles. The Morgan fingerprint density at radius 3 is 2.08 bits per heavy atom. The summed E-state index contributed by atoms with van der Waals surface area (Å²) in [4.78, 5) is 37.2. The number of hydrogen-bond acceptors (Lipinski definition) is 8. The number of esters is 2. The van der Waals surface area contributed by atoms with Gasteiger partial charge in [-0.3, -0.25) is 9.59 Å². The van der Waals surface area contributed by atoms with Crippen LogP contribution in [0.25, 0.3) is 0 Å². The van der Waals surface area contributed by atoms with Gasteiger partial charge in [0.25, 0.3) is 0 Å². The second kappa shape index (κ2) is 18.9. The number of carbonyl (C=O) groups excluding carboxylic acids is 3. The summed E-state index contributed by atoms with van der Waals surface area (Å²) in [7, 11) is -4.12. The number of ether oxygens (including phenoxy) is 1. The molecule has 0 aliphatic heterocycles. The third-order valence-electron chi connectivity index (χ3n) is 7.64. The van der Waals surface area contributed by atoms with E-state index < -0.39 is 81.0 Å². The Labute approximate surface area is 277 Å². The van der Waals surface area contributed by atoms with E-state index in [4.69, 9.17) is 0 Å². The second-order valence-corrected chi connectivity index (χ2v) is 14.0. The first-order chi connectivity index (χ1) is 22.5. The molecule has 268 valence electrons. The SMILES string of the molecule is CCCC(CCC)S(=O)(=O)CC(CC(=O)OC(=O)C(F)(F)F)C(=O)N[C@@H](Cc1cc(F)cc(F)c1)[C@@H](O)CNCc1cccc(CC)c1. The summed E-state index contributed by atoms with van der Waals surface area (Å²) < 4.78 is 96.8. The quantitative estimate of drug-likeness (QED) is 0.108. The van der Waals surface area contributed by atoms with Crippen molar-refractivity contribution in [2.24, 2.45) is 5.92 Å². The van der Waals surface area contributed by atoms with E-state index in [1.165, 1.54) is 0 Å². The molecule has 3 N–H and O–H groups in total. The topological polar surface area (TPSA) is 139 Å². The maximum atomic E-state index is 14.0. The van der Waals surface area contributed by atoms with Crippen LogP contribution in [-0.4, -0.2) is 67.2 Å². The van der Waals surface area contributed by atoms with E-state index in [-0.39, 0.29) is 31.4 Å². The fraction of sp³-hybridized carbons (Fsp3) is 0.545. The van der Waals surface area contributed by atoms with Crippen molar-refractivity contribution in [2.75, 3.05) is 12.3 Å². The van der Waals surface area contributed by atoms with Gasteiger partial charge in [0.15, 0.2) is 9.84 Å². The fourth-order valence-electron chi connectivity index (χ4n) is 5.23. The summed E-state index contributed by atoms with van der Waals surface area (Å²) in [5, 5.41) is 15.7. The molecule has 0 fully saturated rings. The van der Waals surface area contributed by atoms with Gasteiger partial charge in [-0.2, -0.15) is 13.2 Å². The van der Waals surface area contributed by atoms with Crippen molar-refractivity contribution in [3.8, 4) is 0 Å². The lowest BCUT2D eigenvalue weighted by Gasteiger charge is -2.28. The molecule has 15 heteroatoms. The third kappa shape index (κ3) is 13.6. The number of aliphatic hydroxyl groups excluding tert-OH is 1. The zero-order chi connectivity index (χ0) is 36.1. The number of alkyl halides is 3. The summed E-state index contributed by atoms with van der Waals surface area (Å²) in [5.41, 5.74) is 1.99. The van der Waals surface area contributed by atoms with Crippen LogP contribution in [0.4, 0.5) is 22.0 Å². The highest BCUT2D eigenvalue weighted by Crippen LogP contribution is 2.22.